The third kappa shape index (κ3) is 4.35. The summed E-state index contributed by atoms with van der Waals surface area (Å²) in [7, 11) is -10.5. The minimum absolute atomic E-state index is 0.0291. The standard InChI is InChI=1S/C12H22F3NO4S2/c1-4-11(2,3)9-6-5-7-10(8-9)21(17,18)16-22(19,20)12(13,14)15/h9-10,16H,4-8H2,1-3H3. The van der Waals surface area contributed by atoms with Crippen LogP contribution in [0.15, 0.2) is 0 Å². The zero-order valence-electron chi connectivity index (χ0n) is 12.8. The van der Waals surface area contributed by atoms with Crippen LogP contribution in [-0.4, -0.2) is 27.6 Å². The highest BCUT2D eigenvalue weighted by molar-refractivity contribution is 8.05. The van der Waals surface area contributed by atoms with E-state index in [0.717, 1.165) is 17.0 Å². The molecule has 0 spiro atoms. The van der Waals surface area contributed by atoms with E-state index in [0.29, 0.717) is 6.42 Å². The van der Waals surface area contributed by atoms with Gasteiger partial charge in [0.25, 0.3) is 0 Å². The second kappa shape index (κ2) is 6.27. The second-order valence-corrected chi connectivity index (χ2v) is 10.3. The van der Waals surface area contributed by atoms with Gasteiger partial charge in [0, 0.05) is 0 Å². The van der Waals surface area contributed by atoms with Crippen molar-refractivity contribution in [1.82, 2.24) is 4.13 Å². The van der Waals surface area contributed by atoms with Crippen LogP contribution in [0.25, 0.3) is 0 Å². The van der Waals surface area contributed by atoms with Crippen LogP contribution in [0.2, 0.25) is 0 Å². The third-order valence-corrected chi connectivity index (χ3v) is 8.33. The highest BCUT2D eigenvalue weighted by Gasteiger charge is 2.50. The van der Waals surface area contributed by atoms with Gasteiger partial charge < -0.3 is 0 Å². The van der Waals surface area contributed by atoms with Crippen molar-refractivity contribution >= 4 is 20.0 Å². The molecule has 0 aromatic heterocycles. The van der Waals surface area contributed by atoms with Gasteiger partial charge in [-0.05, 0) is 30.6 Å². The highest BCUT2D eigenvalue weighted by atomic mass is 32.3. The average molecular weight is 365 g/mol. The Morgan fingerprint density at radius 3 is 2.09 bits per heavy atom. The van der Waals surface area contributed by atoms with E-state index in [-0.39, 0.29) is 24.2 Å². The van der Waals surface area contributed by atoms with E-state index in [1.807, 2.05) is 20.8 Å². The van der Waals surface area contributed by atoms with E-state index < -0.39 is 30.8 Å². The molecule has 1 saturated carbocycles. The fraction of sp³-hybridized carbons (Fsp3) is 1.00. The van der Waals surface area contributed by atoms with E-state index >= 15 is 0 Å². The van der Waals surface area contributed by atoms with E-state index in [4.69, 9.17) is 0 Å². The maximum atomic E-state index is 12.3. The molecule has 5 nitrogen and oxygen atoms in total. The number of hydrogen-bond donors (Lipinski definition) is 1. The number of sulfonamides is 2. The van der Waals surface area contributed by atoms with E-state index in [2.05, 4.69) is 0 Å². The average Bonchev–Trinajstić information content (AvgIpc) is 2.36. The van der Waals surface area contributed by atoms with E-state index in [1.165, 1.54) is 0 Å². The Kier molecular flexibility index (Phi) is 5.62. The Hall–Kier alpha value is -0.350. The molecule has 0 saturated heterocycles. The molecule has 1 aliphatic rings. The molecule has 0 aliphatic heterocycles. The van der Waals surface area contributed by atoms with Gasteiger partial charge in [-0.2, -0.15) is 13.2 Å². The SMILES string of the molecule is CCC(C)(C)C1CCCC(S(=O)(=O)NS(=O)(=O)C(F)(F)F)C1. The minimum atomic E-state index is -5.90. The topological polar surface area (TPSA) is 80.3 Å². The molecule has 1 fully saturated rings. The summed E-state index contributed by atoms with van der Waals surface area (Å²) in [5.41, 5.74) is -5.78. The van der Waals surface area contributed by atoms with Crippen molar-refractivity contribution in [2.24, 2.45) is 11.3 Å². The lowest BCUT2D eigenvalue weighted by molar-refractivity contribution is -0.0441. The van der Waals surface area contributed by atoms with E-state index in [1.54, 1.807) is 0 Å². The lowest BCUT2D eigenvalue weighted by atomic mass is 9.69. The summed E-state index contributed by atoms with van der Waals surface area (Å²) in [4.78, 5) is 0. The molecular weight excluding hydrogens is 343 g/mol. The van der Waals surface area contributed by atoms with Gasteiger partial charge in [-0.25, -0.2) is 16.8 Å². The van der Waals surface area contributed by atoms with Gasteiger partial charge in [-0.15, -0.1) is 4.13 Å². The number of hydrogen-bond acceptors (Lipinski definition) is 4. The molecule has 132 valence electrons. The first kappa shape index (κ1) is 19.7. The zero-order valence-corrected chi connectivity index (χ0v) is 14.4. The smallest absolute Gasteiger partial charge is 0.211 e. The molecule has 0 heterocycles. The van der Waals surface area contributed by atoms with Gasteiger partial charge in [0.2, 0.25) is 10.0 Å². The number of nitrogens with one attached hydrogen (secondary N) is 1. The summed E-state index contributed by atoms with van der Waals surface area (Å²) < 4.78 is 84.0. The van der Waals surface area contributed by atoms with Crippen molar-refractivity contribution in [3.63, 3.8) is 0 Å². The van der Waals surface area contributed by atoms with Gasteiger partial charge >= 0.3 is 15.5 Å². The van der Waals surface area contributed by atoms with Crippen molar-refractivity contribution in [3.8, 4) is 0 Å². The maximum Gasteiger partial charge on any atom is 0.512 e. The molecule has 2 atom stereocenters. The predicted molar refractivity (Wildman–Crippen MR) is 76.8 cm³/mol. The molecule has 10 heteroatoms. The zero-order chi connectivity index (χ0) is 17.4. The molecule has 0 aromatic rings. The molecule has 0 radical (unpaired) electrons. The Labute approximate surface area is 129 Å². The summed E-state index contributed by atoms with van der Waals surface area (Å²) in [6.07, 6.45) is 2.48. The molecule has 0 amide bonds. The third-order valence-electron chi connectivity index (χ3n) is 4.61. The van der Waals surface area contributed by atoms with Crippen molar-refractivity contribution in [3.05, 3.63) is 0 Å². The first-order valence-electron chi connectivity index (χ1n) is 7.06. The second-order valence-electron chi connectivity index (χ2n) is 6.41. The fourth-order valence-corrected chi connectivity index (χ4v) is 5.80. The monoisotopic (exact) mass is 365 g/mol. The predicted octanol–water partition coefficient (Wildman–Crippen LogP) is 2.75. The number of alkyl halides is 3. The Morgan fingerprint density at radius 1 is 1.09 bits per heavy atom. The van der Waals surface area contributed by atoms with Gasteiger partial charge in [0.1, 0.15) is 0 Å². The molecule has 22 heavy (non-hydrogen) atoms. The van der Waals surface area contributed by atoms with Crippen LogP contribution < -0.4 is 4.13 Å². The van der Waals surface area contributed by atoms with Crippen LogP contribution in [0.1, 0.15) is 52.9 Å². The summed E-state index contributed by atoms with van der Waals surface area (Å²) in [6, 6.07) is 0. The number of rotatable bonds is 5. The maximum absolute atomic E-state index is 12.3. The largest absolute Gasteiger partial charge is 0.512 e. The van der Waals surface area contributed by atoms with Crippen LogP contribution in [0.4, 0.5) is 13.2 Å². The van der Waals surface area contributed by atoms with Crippen LogP contribution in [0.3, 0.4) is 0 Å². The van der Waals surface area contributed by atoms with Gasteiger partial charge in [-0.3, -0.25) is 0 Å². The molecule has 0 bridgehead atoms. The first-order valence-corrected chi connectivity index (χ1v) is 10.1. The van der Waals surface area contributed by atoms with E-state index in [9.17, 15) is 30.0 Å². The fourth-order valence-electron chi connectivity index (χ4n) is 2.69. The Morgan fingerprint density at radius 2 is 1.64 bits per heavy atom. The van der Waals surface area contributed by atoms with Crippen molar-refractivity contribution in [1.29, 1.82) is 0 Å². The molecule has 2 unspecified atom stereocenters. The van der Waals surface area contributed by atoms with Crippen LogP contribution in [-0.2, 0) is 20.0 Å². The van der Waals surface area contributed by atoms with Gasteiger partial charge in [0.05, 0.1) is 5.25 Å². The summed E-state index contributed by atoms with van der Waals surface area (Å²) in [6.45, 7) is 5.92. The van der Waals surface area contributed by atoms with Crippen LogP contribution in [0.5, 0.6) is 0 Å². The first-order chi connectivity index (χ1) is 9.73. The summed E-state index contributed by atoms with van der Waals surface area (Å²) >= 11 is 0. The lowest BCUT2D eigenvalue weighted by Crippen LogP contribution is -2.46. The Balaban J connectivity index is 2.95. The van der Waals surface area contributed by atoms with Crippen LogP contribution in [0, 0.1) is 11.3 Å². The normalized spacial score (nSPS) is 25.2. The van der Waals surface area contributed by atoms with Crippen molar-refractivity contribution in [2.45, 2.75) is 63.6 Å². The highest BCUT2D eigenvalue weighted by Crippen LogP contribution is 2.42. The molecule has 1 N–H and O–H groups in total. The Bertz CT molecular complexity index is 596. The molecule has 0 aromatic carbocycles. The number of halogens is 3. The quantitative estimate of drug-likeness (QED) is 0.812. The molecular formula is C12H22F3NO4S2. The lowest BCUT2D eigenvalue weighted by Gasteiger charge is -2.39. The molecule has 1 rings (SSSR count). The van der Waals surface area contributed by atoms with Crippen molar-refractivity contribution in [2.75, 3.05) is 0 Å². The summed E-state index contributed by atoms with van der Waals surface area (Å²) in [5, 5.41) is -1.12. The van der Waals surface area contributed by atoms with Gasteiger partial charge in [0.15, 0.2) is 0 Å². The summed E-state index contributed by atoms with van der Waals surface area (Å²) in [5.74, 6) is 0.0291. The molecule has 1 aliphatic carbocycles. The minimum Gasteiger partial charge on any atom is -0.211 e. The van der Waals surface area contributed by atoms with Gasteiger partial charge in [-0.1, -0.05) is 33.6 Å². The van der Waals surface area contributed by atoms with Crippen molar-refractivity contribution < 1.29 is 30.0 Å². The van der Waals surface area contributed by atoms with Crippen LogP contribution >= 0.6 is 0 Å².